The summed E-state index contributed by atoms with van der Waals surface area (Å²) < 4.78 is 0. The summed E-state index contributed by atoms with van der Waals surface area (Å²) in [5.41, 5.74) is 2.70. The predicted octanol–water partition coefficient (Wildman–Crippen LogP) is 3.01. The first-order chi connectivity index (χ1) is 10.6. The van der Waals surface area contributed by atoms with Gasteiger partial charge in [-0.25, -0.2) is 4.79 Å². The van der Waals surface area contributed by atoms with E-state index in [0.717, 1.165) is 5.56 Å². The average Bonchev–Trinajstić information content (AvgIpc) is 3.01. The molecule has 3 N–H and O–H groups in total. The number of urea groups is 1. The summed E-state index contributed by atoms with van der Waals surface area (Å²) in [4.78, 5) is 24.4. The number of para-hydroxylation sites is 1. The van der Waals surface area contributed by atoms with Crippen LogP contribution in [0.2, 0.25) is 0 Å². The normalized spacial score (nSPS) is 17.7. The van der Waals surface area contributed by atoms with Crippen LogP contribution in [-0.4, -0.2) is 11.9 Å². The standard InChI is InChI=1S/C16H15N3O2S/c1-10-13(15(20)18-12-5-3-2-4-6-12)14(19-16(21)17-10)11-7-8-22-9-11/h2-9,14H,1H3,(H,18,20)(H2,17,19,21)/t14-/m1/s1. The van der Waals surface area contributed by atoms with Gasteiger partial charge in [0, 0.05) is 11.4 Å². The molecule has 2 heterocycles. The van der Waals surface area contributed by atoms with Gasteiger partial charge < -0.3 is 16.0 Å². The van der Waals surface area contributed by atoms with E-state index in [1.807, 2.05) is 47.2 Å². The summed E-state index contributed by atoms with van der Waals surface area (Å²) >= 11 is 1.53. The minimum Gasteiger partial charge on any atom is -0.327 e. The first kappa shape index (κ1) is 14.3. The Kier molecular flexibility index (Phi) is 3.93. The van der Waals surface area contributed by atoms with Gasteiger partial charge in [-0.3, -0.25) is 4.79 Å². The summed E-state index contributed by atoms with van der Waals surface area (Å²) in [6.07, 6.45) is 0. The molecule has 0 saturated carbocycles. The molecular weight excluding hydrogens is 298 g/mol. The summed E-state index contributed by atoms with van der Waals surface area (Å²) in [7, 11) is 0. The van der Waals surface area contributed by atoms with Gasteiger partial charge in [0.05, 0.1) is 11.6 Å². The van der Waals surface area contributed by atoms with Gasteiger partial charge in [0.1, 0.15) is 0 Å². The molecule has 0 saturated heterocycles. The first-order valence-corrected chi connectivity index (χ1v) is 7.76. The Morgan fingerprint density at radius 3 is 2.68 bits per heavy atom. The van der Waals surface area contributed by atoms with Crippen molar-refractivity contribution in [2.24, 2.45) is 0 Å². The summed E-state index contributed by atoms with van der Waals surface area (Å²) in [6.45, 7) is 1.73. The third-order valence-electron chi connectivity index (χ3n) is 3.42. The maximum atomic E-state index is 12.6. The van der Waals surface area contributed by atoms with E-state index >= 15 is 0 Å². The quantitative estimate of drug-likeness (QED) is 0.815. The minimum absolute atomic E-state index is 0.229. The maximum absolute atomic E-state index is 12.6. The highest BCUT2D eigenvalue weighted by atomic mass is 32.1. The van der Waals surface area contributed by atoms with E-state index < -0.39 is 6.04 Å². The minimum atomic E-state index is -0.441. The number of benzene rings is 1. The lowest BCUT2D eigenvalue weighted by atomic mass is 9.97. The van der Waals surface area contributed by atoms with E-state index in [9.17, 15) is 9.59 Å². The third kappa shape index (κ3) is 2.87. The highest BCUT2D eigenvalue weighted by molar-refractivity contribution is 7.08. The zero-order valence-electron chi connectivity index (χ0n) is 11.9. The van der Waals surface area contributed by atoms with Crippen LogP contribution in [0.25, 0.3) is 0 Å². The third-order valence-corrected chi connectivity index (χ3v) is 4.12. The Balaban J connectivity index is 1.92. The van der Waals surface area contributed by atoms with E-state index in [1.54, 1.807) is 6.92 Å². The number of thiophene rings is 1. The lowest BCUT2D eigenvalue weighted by Crippen LogP contribution is -2.45. The molecule has 3 amide bonds. The highest BCUT2D eigenvalue weighted by Crippen LogP contribution is 2.28. The van der Waals surface area contributed by atoms with Crippen LogP contribution < -0.4 is 16.0 Å². The molecule has 1 aliphatic rings. The Morgan fingerprint density at radius 1 is 1.23 bits per heavy atom. The Bertz CT molecular complexity index is 723. The van der Waals surface area contributed by atoms with Gasteiger partial charge in [0.15, 0.2) is 0 Å². The molecule has 1 aromatic heterocycles. The molecule has 22 heavy (non-hydrogen) atoms. The van der Waals surface area contributed by atoms with Gasteiger partial charge in [-0.15, -0.1) is 0 Å². The topological polar surface area (TPSA) is 70.2 Å². The van der Waals surface area contributed by atoms with Crippen LogP contribution >= 0.6 is 11.3 Å². The van der Waals surface area contributed by atoms with Gasteiger partial charge in [-0.05, 0) is 41.4 Å². The van der Waals surface area contributed by atoms with Crippen molar-refractivity contribution in [3.05, 3.63) is 64.0 Å². The van der Waals surface area contributed by atoms with Crippen molar-refractivity contribution >= 4 is 29.0 Å². The number of anilines is 1. The van der Waals surface area contributed by atoms with E-state index in [1.165, 1.54) is 11.3 Å². The molecule has 2 aromatic rings. The molecule has 0 spiro atoms. The molecule has 5 nitrogen and oxygen atoms in total. The highest BCUT2D eigenvalue weighted by Gasteiger charge is 2.31. The number of hydrogen-bond donors (Lipinski definition) is 3. The molecule has 0 aliphatic carbocycles. The van der Waals surface area contributed by atoms with Gasteiger partial charge in [-0.2, -0.15) is 11.3 Å². The lowest BCUT2D eigenvalue weighted by molar-refractivity contribution is -0.113. The monoisotopic (exact) mass is 313 g/mol. The average molecular weight is 313 g/mol. The largest absolute Gasteiger partial charge is 0.327 e. The zero-order valence-corrected chi connectivity index (χ0v) is 12.7. The summed E-state index contributed by atoms with van der Waals surface area (Å²) in [5, 5.41) is 12.2. The molecule has 0 fully saturated rings. The van der Waals surface area contributed by atoms with E-state index in [-0.39, 0.29) is 11.9 Å². The number of rotatable bonds is 3. The Morgan fingerprint density at radius 2 is 2.00 bits per heavy atom. The Hall–Kier alpha value is -2.60. The molecular formula is C16H15N3O2S. The van der Waals surface area contributed by atoms with Gasteiger partial charge in [-0.1, -0.05) is 18.2 Å². The van der Waals surface area contributed by atoms with Crippen molar-refractivity contribution in [1.29, 1.82) is 0 Å². The van der Waals surface area contributed by atoms with E-state index in [2.05, 4.69) is 16.0 Å². The molecule has 1 aliphatic heterocycles. The molecule has 6 heteroatoms. The zero-order chi connectivity index (χ0) is 15.5. The van der Waals surface area contributed by atoms with E-state index in [0.29, 0.717) is 17.0 Å². The fraction of sp³-hybridized carbons (Fsp3) is 0.125. The molecule has 112 valence electrons. The van der Waals surface area contributed by atoms with Crippen LogP contribution in [0, 0.1) is 0 Å². The van der Waals surface area contributed by atoms with Crippen LogP contribution in [0.3, 0.4) is 0 Å². The number of amides is 3. The number of hydrogen-bond acceptors (Lipinski definition) is 3. The van der Waals surface area contributed by atoms with Crippen LogP contribution in [-0.2, 0) is 4.79 Å². The molecule has 0 bridgehead atoms. The maximum Gasteiger partial charge on any atom is 0.319 e. The molecule has 0 radical (unpaired) electrons. The molecule has 3 rings (SSSR count). The van der Waals surface area contributed by atoms with Gasteiger partial charge in [0.2, 0.25) is 0 Å². The SMILES string of the molecule is CC1=C(C(=O)Nc2ccccc2)[C@@H](c2ccsc2)NC(=O)N1. The number of carbonyl (C=O) groups is 2. The van der Waals surface area contributed by atoms with Crippen molar-refractivity contribution in [2.45, 2.75) is 13.0 Å². The van der Waals surface area contributed by atoms with Crippen molar-refractivity contribution in [3.63, 3.8) is 0 Å². The summed E-state index contributed by atoms with van der Waals surface area (Å²) in [6, 6.07) is 10.4. The number of allylic oxidation sites excluding steroid dienone is 1. The second-order valence-electron chi connectivity index (χ2n) is 4.95. The van der Waals surface area contributed by atoms with Crippen molar-refractivity contribution in [1.82, 2.24) is 10.6 Å². The second kappa shape index (κ2) is 6.03. The van der Waals surface area contributed by atoms with Crippen LogP contribution in [0.15, 0.2) is 58.4 Å². The van der Waals surface area contributed by atoms with Crippen LogP contribution in [0.4, 0.5) is 10.5 Å². The number of carbonyl (C=O) groups excluding carboxylic acids is 2. The molecule has 1 aromatic carbocycles. The second-order valence-corrected chi connectivity index (χ2v) is 5.73. The van der Waals surface area contributed by atoms with E-state index in [4.69, 9.17) is 0 Å². The fourth-order valence-corrected chi connectivity index (χ4v) is 3.09. The van der Waals surface area contributed by atoms with Gasteiger partial charge in [0.25, 0.3) is 5.91 Å². The lowest BCUT2D eigenvalue weighted by Gasteiger charge is -2.28. The Labute approximate surface area is 132 Å². The molecule has 0 unspecified atom stereocenters. The van der Waals surface area contributed by atoms with Crippen molar-refractivity contribution < 1.29 is 9.59 Å². The predicted molar refractivity (Wildman–Crippen MR) is 86.5 cm³/mol. The van der Waals surface area contributed by atoms with Crippen LogP contribution in [0.1, 0.15) is 18.5 Å². The summed E-state index contributed by atoms with van der Waals surface area (Å²) in [5.74, 6) is -0.229. The van der Waals surface area contributed by atoms with Gasteiger partial charge >= 0.3 is 6.03 Å². The fourth-order valence-electron chi connectivity index (χ4n) is 2.40. The van der Waals surface area contributed by atoms with Crippen molar-refractivity contribution in [3.8, 4) is 0 Å². The molecule has 1 atom stereocenters. The van der Waals surface area contributed by atoms with Crippen LogP contribution in [0.5, 0.6) is 0 Å². The first-order valence-electron chi connectivity index (χ1n) is 6.82. The van der Waals surface area contributed by atoms with Crippen molar-refractivity contribution in [2.75, 3.05) is 5.32 Å². The number of nitrogens with one attached hydrogen (secondary N) is 3. The smallest absolute Gasteiger partial charge is 0.319 e.